The Labute approximate surface area is 265 Å². The molecule has 0 spiro atoms. The Kier molecular flexibility index (Phi) is 13.8. The van der Waals surface area contributed by atoms with Gasteiger partial charge in [-0.2, -0.15) is 0 Å². The number of carbonyl (C=O) groups is 5. The minimum absolute atomic E-state index is 0.0683. The standard InChI is InChI=1S/C28H42N8O10/c1-5-45-24-20(10-7-13-35(24)26(29)33-36(43)44)32-21(38)16-30-25(41)28(31-17-37,12-11-22(39)46-27(2,3)4)15-18-8-6-9-19(14-18)23(40)34-42/h6,8-9,14,17,20,24,42H,5,7,10-13,15-16H2,1-4H3,(H2,29,33)(H,30,41)(H,31,37)(H,32,38)(H,34,40)/t20?,24-,28+/m0/s1. The van der Waals surface area contributed by atoms with Crippen LogP contribution in [0.25, 0.3) is 0 Å². The molecule has 1 aliphatic rings. The second kappa shape index (κ2) is 17.0. The number of hydrogen-bond donors (Lipinski definition) is 7. The fourth-order valence-electron chi connectivity index (χ4n) is 4.99. The molecule has 46 heavy (non-hydrogen) atoms. The van der Waals surface area contributed by atoms with E-state index in [2.05, 4.69) is 16.0 Å². The van der Waals surface area contributed by atoms with E-state index in [0.717, 1.165) is 0 Å². The molecule has 1 heterocycles. The predicted molar refractivity (Wildman–Crippen MR) is 161 cm³/mol. The van der Waals surface area contributed by atoms with E-state index >= 15 is 0 Å². The molecule has 1 aromatic carbocycles. The fraction of sp³-hybridized carbons (Fsp3) is 0.571. The van der Waals surface area contributed by atoms with E-state index in [1.807, 2.05) is 0 Å². The van der Waals surface area contributed by atoms with Crippen molar-refractivity contribution in [1.29, 1.82) is 5.41 Å². The fourth-order valence-corrected chi connectivity index (χ4v) is 4.99. The summed E-state index contributed by atoms with van der Waals surface area (Å²) in [5.41, 5.74) is 1.19. The number of esters is 1. The second-order valence-corrected chi connectivity index (χ2v) is 11.5. The summed E-state index contributed by atoms with van der Waals surface area (Å²) in [6.45, 7) is 6.62. The molecule has 1 aromatic rings. The summed E-state index contributed by atoms with van der Waals surface area (Å²) >= 11 is 0. The number of rotatable bonds is 15. The topological polar surface area (TPSA) is 254 Å². The van der Waals surface area contributed by atoms with Gasteiger partial charge in [-0.15, -0.1) is 0 Å². The van der Waals surface area contributed by atoms with E-state index in [-0.39, 0.29) is 44.4 Å². The van der Waals surface area contributed by atoms with E-state index in [9.17, 15) is 34.1 Å². The van der Waals surface area contributed by atoms with Gasteiger partial charge in [0.25, 0.3) is 11.9 Å². The van der Waals surface area contributed by atoms with Gasteiger partial charge in [0.1, 0.15) is 11.1 Å². The Morgan fingerprint density at radius 1 is 1.24 bits per heavy atom. The first-order chi connectivity index (χ1) is 21.6. The predicted octanol–water partition coefficient (Wildman–Crippen LogP) is -0.270. The lowest BCUT2D eigenvalue weighted by Gasteiger charge is -2.41. The van der Waals surface area contributed by atoms with Gasteiger partial charge in [-0.05, 0) is 64.7 Å². The molecule has 2 rings (SSSR count). The van der Waals surface area contributed by atoms with Crippen molar-refractivity contribution in [2.75, 3.05) is 19.7 Å². The summed E-state index contributed by atoms with van der Waals surface area (Å²) in [6.07, 6.45) is -0.428. The highest BCUT2D eigenvalue weighted by Crippen LogP contribution is 2.23. The van der Waals surface area contributed by atoms with Crippen LogP contribution in [-0.4, -0.2) is 94.3 Å². The second-order valence-electron chi connectivity index (χ2n) is 11.5. The summed E-state index contributed by atoms with van der Waals surface area (Å²) in [5.74, 6) is -3.40. The molecule has 0 aliphatic carbocycles. The van der Waals surface area contributed by atoms with Crippen molar-refractivity contribution in [1.82, 2.24) is 31.8 Å². The molecular formula is C28H42N8O10. The van der Waals surface area contributed by atoms with Crippen LogP contribution in [0.5, 0.6) is 0 Å². The van der Waals surface area contributed by atoms with E-state index in [4.69, 9.17) is 20.1 Å². The Morgan fingerprint density at radius 3 is 2.57 bits per heavy atom. The Bertz CT molecular complexity index is 1290. The van der Waals surface area contributed by atoms with E-state index in [0.29, 0.717) is 18.4 Å². The monoisotopic (exact) mass is 650 g/mol. The molecule has 1 fully saturated rings. The molecule has 3 atom stereocenters. The molecule has 18 nitrogen and oxygen atoms in total. The average molecular weight is 651 g/mol. The average Bonchev–Trinajstić information content (AvgIpc) is 2.98. The van der Waals surface area contributed by atoms with Crippen LogP contribution in [0.3, 0.4) is 0 Å². The van der Waals surface area contributed by atoms with Gasteiger partial charge in [-0.3, -0.25) is 34.6 Å². The first kappa shape index (κ1) is 37.3. The molecule has 0 bridgehead atoms. The van der Waals surface area contributed by atoms with Crippen molar-refractivity contribution in [2.24, 2.45) is 0 Å². The van der Waals surface area contributed by atoms with Gasteiger partial charge in [-0.1, -0.05) is 17.6 Å². The number of carbonyl (C=O) groups excluding carboxylic acids is 5. The molecule has 18 heteroatoms. The molecular weight excluding hydrogens is 608 g/mol. The van der Waals surface area contributed by atoms with Crippen molar-refractivity contribution in [2.45, 2.75) is 83.2 Å². The largest absolute Gasteiger partial charge is 0.460 e. The number of hydrazine groups is 1. The normalized spacial score (nSPS) is 17.5. The van der Waals surface area contributed by atoms with Crippen LogP contribution in [-0.2, 0) is 35.1 Å². The lowest BCUT2D eigenvalue weighted by molar-refractivity contribution is -0.527. The third-order valence-electron chi connectivity index (χ3n) is 6.89. The lowest BCUT2D eigenvalue weighted by atomic mass is 9.84. The van der Waals surface area contributed by atoms with Crippen molar-refractivity contribution in [3.05, 3.63) is 45.5 Å². The van der Waals surface area contributed by atoms with Gasteiger partial charge in [0.15, 0.2) is 11.3 Å². The zero-order chi connectivity index (χ0) is 34.5. The highest BCUT2D eigenvalue weighted by molar-refractivity contribution is 5.94. The minimum Gasteiger partial charge on any atom is -0.460 e. The van der Waals surface area contributed by atoms with Crippen LogP contribution in [0.15, 0.2) is 24.3 Å². The molecule has 1 aliphatic heterocycles. The number of nitro groups is 1. The van der Waals surface area contributed by atoms with Crippen molar-refractivity contribution in [3.63, 3.8) is 0 Å². The maximum atomic E-state index is 13.7. The number of amides is 4. The Balaban J connectivity index is 2.26. The van der Waals surface area contributed by atoms with Gasteiger partial charge in [0.2, 0.25) is 18.2 Å². The molecule has 0 saturated carbocycles. The molecule has 7 N–H and O–H groups in total. The molecule has 1 saturated heterocycles. The number of nitrogens with zero attached hydrogens (tertiary/aromatic N) is 2. The van der Waals surface area contributed by atoms with Crippen molar-refractivity contribution >= 4 is 36.1 Å². The maximum Gasteiger partial charge on any atom is 0.306 e. The molecule has 1 unspecified atom stereocenters. The van der Waals surface area contributed by atoms with Crippen LogP contribution in [0.2, 0.25) is 0 Å². The van der Waals surface area contributed by atoms with Gasteiger partial charge in [0.05, 0.1) is 12.6 Å². The van der Waals surface area contributed by atoms with E-state index < -0.39 is 64.6 Å². The number of benzene rings is 1. The molecule has 254 valence electrons. The number of nitrogens with one attached hydrogen (secondary N) is 6. The Morgan fingerprint density at radius 2 is 1.96 bits per heavy atom. The highest BCUT2D eigenvalue weighted by atomic mass is 16.7. The summed E-state index contributed by atoms with van der Waals surface area (Å²) in [4.78, 5) is 75.3. The van der Waals surface area contributed by atoms with Crippen LogP contribution >= 0.6 is 0 Å². The van der Waals surface area contributed by atoms with E-state index in [1.165, 1.54) is 28.6 Å². The molecule has 4 amide bonds. The number of hydrogen-bond acceptors (Lipinski definition) is 11. The van der Waals surface area contributed by atoms with E-state index in [1.54, 1.807) is 39.2 Å². The van der Waals surface area contributed by atoms with Crippen LogP contribution in [0.1, 0.15) is 69.3 Å². The first-order valence-corrected chi connectivity index (χ1v) is 14.6. The number of piperidine rings is 1. The SMILES string of the molecule is CCO[C@H]1C(NC(=O)CNC(=O)[C@@](CCC(=O)OC(C)(C)C)(Cc2cccc(C(=O)NO)c2)NC=O)CCCN1C(=N)N[N+](=O)[O-]. The molecule has 0 radical (unpaired) electrons. The van der Waals surface area contributed by atoms with Crippen molar-refractivity contribution in [3.8, 4) is 0 Å². The minimum atomic E-state index is -1.77. The molecule has 0 aromatic heterocycles. The van der Waals surface area contributed by atoms with Crippen LogP contribution in [0, 0.1) is 15.5 Å². The van der Waals surface area contributed by atoms with Gasteiger partial charge < -0.3 is 30.3 Å². The van der Waals surface area contributed by atoms with Gasteiger partial charge >= 0.3 is 5.97 Å². The van der Waals surface area contributed by atoms with Crippen molar-refractivity contribution < 1.29 is 43.7 Å². The van der Waals surface area contributed by atoms with Crippen LogP contribution in [0.4, 0.5) is 0 Å². The maximum absolute atomic E-state index is 13.7. The summed E-state index contributed by atoms with van der Waals surface area (Å²) in [7, 11) is 0. The Hall–Kier alpha value is -4.84. The highest BCUT2D eigenvalue weighted by Gasteiger charge is 2.40. The summed E-state index contributed by atoms with van der Waals surface area (Å²) in [5, 5.41) is 34.8. The third-order valence-corrected chi connectivity index (χ3v) is 6.89. The smallest absolute Gasteiger partial charge is 0.306 e. The first-order valence-electron chi connectivity index (χ1n) is 14.6. The zero-order valence-electron chi connectivity index (χ0n) is 26.2. The number of likely N-dealkylation sites (tertiary alicyclic amines) is 1. The number of guanidine groups is 1. The summed E-state index contributed by atoms with van der Waals surface area (Å²) in [6, 6.07) is 5.22. The quantitative estimate of drug-likeness (QED) is 0.0246. The van der Waals surface area contributed by atoms with Gasteiger partial charge in [0, 0.05) is 31.6 Å². The van der Waals surface area contributed by atoms with Crippen LogP contribution < -0.4 is 26.9 Å². The lowest BCUT2D eigenvalue weighted by Crippen LogP contribution is -2.62. The third kappa shape index (κ3) is 11.3. The van der Waals surface area contributed by atoms with Gasteiger partial charge in [-0.25, -0.2) is 15.6 Å². The number of hydroxylamine groups is 1. The zero-order valence-corrected chi connectivity index (χ0v) is 26.2. The number of ether oxygens (including phenoxy) is 2. The summed E-state index contributed by atoms with van der Waals surface area (Å²) < 4.78 is 11.1.